The third-order valence-corrected chi connectivity index (χ3v) is 3.67. The molecule has 0 saturated carbocycles. The molecule has 0 bridgehead atoms. The van der Waals surface area contributed by atoms with Gasteiger partial charge in [-0.15, -0.1) is 0 Å². The molecule has 0 unspecified atom stereocenters. The standard InChI is InChI=1S/C14H19BrN2O2/c1-14(2,3)19-13(18)17-5-4-9-7-12(16)11(15)6-10(9)8-17/h6-7H,4-5,8,16H2,1-3H3. The molecular weight excluding hydrogens is 308 g/mol. The minimum Gasteiger partial charge on any atom is -0.444 e. The Morgan fingerprint density at radius 2 is 2.05 bits per heavy atom. The Hall–Kier alpha value is -1.23. The molecule has 19 heavy (non-hydrogen) atoms. The molecule has 4 nitrogen and oxygen atoms in total. The van der Waals surface area contributed by atoms with Crippen molar-refractivity contribution in [3.05, 3.63) is 27.7 Å². The molecule has 1 amide bonds. The van der Waals surface area contributed by atoms with Crippen LogP contribution in [0.1, 0.15) is 31.9 Å². The van der Waals surface area contributed by atoms with Crippen molar-refractivity contribution >= 4 is 27.7 Å². The second kappa shape index (κ2) is 5.04. The van der Waals surface area contributed by atoms with Gasteiger partial charge in [-0.3, -0.25) is 0 Å². The van der Waals surface area contributed by atoms with Gasteiger partial charge in [-0.2, -0.15) is 0 Å². The van der Waals surface area contributed by atoms with E-state index in [1.165, 1.54) is 5.56 Å². The lowest BCUT2D eigenvalue weighted by Gasteiger charge is -2.31. The molecule has 0 saturated heterocycles. The highest BCUT2D eigenvalue weighted by Crippen LogP contribution is 2.28. The zero-order valence-electron chi connectivity index (χ0n) is 11.5. The summed E-state index contributed by atoms with van der Waals surface area (Å²) in [6.45, 7) is 6.87. The number of carbonyl (C=O) groups is 1. The Balaban J connectivity index is 2.14. The summed E-state index contributed by atoms with van der Waals surface area (Å²) in [5.74, 6) is 0. The quantitative estimate of drug-likeness (QED) is 0.744. The molecule has 1 heterocycles. The summed E-state index contributed by atoms with van der Waals surface area (Å²) in [5, 5.41) is 0. The van der Waals surface area contributed by atoms with Crippen LogP contribution < -0.4 is 5.73 Å². The first kappa shape index (κ1) is 14.2. The SMILES string of the molecule is CC(C)(C)OC(=O)N1CCc2cc(N)c(Br)cc2C1. The number of hydrogen-bond acceptors (Lipinski definition) is 3. The van der Waals surface area contributed by atoms with E-state index in [0.717, 1.165) is 22.1 Å². The first-order chi connectivity index (χ1) is 8.76. The van der Waals surface area contributed by atoms with Crippen LogP contribution in [-0.2, 0) is 17.7 Å². The van der Waals surface area contributed by atoms with Gasteiger partial charge in [0.1, 0.15) is 5.60 Å². The van der Waals surface area contributed by atoms with Crippen LogP contribution in [0.15, 0.2) is 16.6 Å². The maximum Gasteiger partial charge on any atom is 0.410 e. The maximum absolute atomic E-state index is 12.0. The van der Waals surface area contributed by atoms with Crippen LogP contribution in [0.5, 0.6) is 0 Å². The summed E-state index contributed by atoms with van der Waals surface area (Å²) in [4.78, 5) is 13.8. The largest absolute Gasteiger partial charge is 0.444 e. The molecule has 1 aromatic rings. The van der Waals surface area contributed by atoms with Gasteiger partial charge in [-0.05, 0) is 66.4 Å². The van der Waals surface area contributed by atoms with Gasteiger partial charge in [-0.1, -0.05) is 0 Å². The van der Waals surface area contributed by atoms with E-state index in [1.54, 1.807) is 4.90 Å². The first-order valence-corrected chi connectivity index (χ1v) is 7.10. The van der Waals surface area contributed by atoms with Gasteiger partial charge in [0.15, 0.2) is 0 Å². The molecule has 1 aromatic carbocycles. The molecule has 5 heteroatoms. The maximum atomic E-state index is 12.0. The van der Waals surface area contributed by atoms with E-state index in [4.69, 9.17) is 10.5 Å². The molecule has 0 aromatic heterocycles. The number of ether oxygens (including phenoxy) is 1. The summed E-state index contributed by atoms with van der Waals surface area (Å²) >= 11 is 3.42. The zero-order valence-corrected chi connectivity index (χ0v) is 13.1. The van der Waals surface area contributed by atoms with Crippen LogP contribution >= 0.6 is 15.9 Å². The molecule has 0 fully saturated rings. The van der Waals surface area contributed by atoms with E-state index in [-0.39, 0.29) is 6.09 Å². The van der Waals surface area contributed by atoms with Gasteiger partial charge in [0.2, 0.25) is 0 Å². The van der Waals surface area contributed by atoms with Crippen molar-refractivity contribution in [1.29, 1.82) is 0 Å². The van der Waals surface area contributed by atoms with Gasteiger partial charge in [0.05, 0.1) is 0 Å². The monoisotopic (exact) mass is 326 g/mol. The summed E-state index contributed by atoms with van der Waals surface area (Å²) in [5.41, 5.74) is 8.48. The Morgan fingerprint density at radius 3 is 2.68 bits per heavy atom. The lowest BCUT2D eigenvalue weighted by molar-refractivity contribution is 0.0224. The summed E-state index contributed by atoms with van der Waals surface area (Å²) in [7, 11) is 0. The average Bonchev–Trinajstić information content (AvgIpc) is 2.27. The number of nitrogens with two attached hydrogens (primary N) is 1. The number of hydrogen-bond donors (Lipinski definition) is 1. The molecule has 1 aliphatic heterocycles. The van der Waals surface area contributed by atoms with Crippen LogP contribution in [-0.4, -0.2) is 23.1 Å². The molecule has 0 spiro atoms. The summed E-state index contributed by atoms with van der Waals surface area (Å²) < 4.78 is 6.27. The number of nitrogens with zero attached hydrogens (tertiary/aromatic N) is 1. The fraction of sp³-hybridized carbons (Fsp3) is 0.500. The Morgan fingerprint density at radius 1 is 1.37 bits per heavy atom. The Labute approximate surface area is 122 Å². The van der Waals surface area contributed by atoms with E-state index in [9.17, 15) is 4.79 Å². The van der Waals surface area contributed by atoms with Crippen molar-refractivity contribution in [2.24, 2.45) is 0 Å². The van der Waals surface area contributed by atoms with Crippen molar-refractivity contribution in [3.63, 3.8) is 0 Å². The number of nitrogen functional groups attached to an aromatic ring is 1. The van der Waals surface area contributed by atoms with Crippen molar-refractivity contribution < 1.29 is 9.53 Å². The Bertz CT molecular complexity index is 509. The predicted molar refractivity (Wildman–Crippen MR) is 78.9 cm³/mol. The molecule has 2 rings (SSSR count). The third-order valence-electron chi connectivity index (χ3n) is 2.98. The van der Waals surface area contributed by atoms with Crippen molar-refractivity contribution in [2.45, 2.75) is 39.3 Å². The molecule has 2 N–H and O–H groups in total. The second-order valence-corrected chi connectivity index (χ2v) is 6.65. The Kier molecular flexibility index (Phi) is 3.76. The van der Waals surface area contributed by atoms with E-state index < -0.39 is 5.60 Å². The van der Waals surface area contributed by atoms with Gasteiger partial charge in [-0.25, -0.2) is 4.79 Å². The van der Waals surface area contributed by atoms with E-state index in [2.05, 4.69) is 15.9 Å². The minimum atomic E-state index is -0.459. The number of amides is 1. The topological polar surface area (TPSA) is 55.6 Å². The van der Waals surface area contributed by atoms with Crippen LogP contribution in [0.3, 0.4) is 0 Å². The zero-order chi connectivity index (χ0) is 14.2. The van der Waals surface area contributed by atoms with Crippen molar-refractivity contribution in [1.82, 2.24) is 4.90 Å². The van der Waals surface area contributed by atoms with Gasteiger partial charge < -0.3 is 15.4 Å². The minimum absolute atomic E-state index is 0.258. The number of carbonyl (C=O) groups excluding carboxylic acids is 1. The van der Waals surface area contributed by atoms with E-state index in [1.807, 2.05) is 32.9 Å². The van der Waals surface area contributed by atoms with Crippen molar-refractivity contribution in [3.8, 4) is 0 Å². The van der Waals surface area contributed by atoms with Gasteiger partial charge in [0.25, 0.3) is 0 Å². The van der Waals surface area contributed by atoms with Crippen LogP contribution in [0.2, 0.25) is 0 Å². The number of halogens is 1. The van der Waals surface area contributed by atoms with Gasteiger partial charge >= 0.3 is 6.09 Å². The second-order valence-electron chi connectivity index (χ2n) is 5.79. The molecule has 0 radical (unpaired) electrons. The molecule has 0 atom stereocenters. The first-order valence-electron chi connectivity index (χ1n) is 6.31. The normalized spacial score (nSPS) is 15.1. The molecular formula is C14H19BrN2O2. The molecule has 1 aliphatic rings. The van der Waals surface area contributed by atoms with Gasteiger partial charge in [0, 0.05) is 23.2 Å². The van der Waals surface area contributed by atoms with Crippen LogP contribution in [0.25, 0.3) is 0 Å². The highest BCUT2D eigenvalue weighted by atomic mass is 79.9. The fourth-order valence-corrected chi connectivity index (χ4v) is 2.47. The number of benzene rings is 1. The average molecular weight is 327 g/mol. The molecule has 0 aliphatic carbocycles. The summed E-state index contributed by atoms with van der Waals surface area (Å²) in [6, 6.07) is 3.97. The van der Waals surface area contributed by atoms with E-state index >= 15 is 0 Å². The molecule has 104 valence electrons. The smallest absolute Gasteiger partial charge is 0.410 e. The highest BCUT2D eigenvalue weighted by molar-refractivity contribution is 9.10. The van der Waals surface area contributed by atoms with Crippen molar-refractivity contribution in [2.75, 3.05) is 12.3 Å². The number of anilines is 1. The lowest BCUT2D eigenvalue weighted by Crippen LogP contribution is -2.39. The fourth-order valence-electron chi connectivity index (χ4n) is 2.08. The number of rotatable bonds is 0. The lowest BCUT2D eigenvalue weighted by atomic mass is 9.99. The number of fused-ring (bicyclic) bond motifs is 1. The predicted octanol–water partition coefficient (Wildman–Crippen LogP) is 3.32. The van der Waals surface area contributed by atoms with Crippen LogP contribution in [0.4, 0.5) is 10.5 Å². The summed E-state index contributed by atoms with van der Waals surface area (Å²) in [6.07, 6.45) is 0.553. The highest BCUT2D eigenvalue weighted by Gasteiger charge is 2.26. The van der Waals surface area contributed by atoms with E-state index in [0.29, 0.717) is 13.1 Å². The third kappa shape index (κ3) is 3.41. The van der Waals surface area contributed by atoms with Crippen LogP contribution in [0, 0.1) is 0 Å².